The van der Waals surface area contributed by atoms with Crippen LogP contribution in [0.5, 0.6) is 0 Å². The molecule has 0 aliphatic rings. The van der Waals surface area contributed by atoms with Crippen molar-refractivity contribution >= 4 is 22.6 Å². The van der Waals surface area contributed by atoms with Crippen LogP contribution in [0.4, 0.5) is 0 Å². The average Bonchev–Trinajstić information content (AvgIpc) is 2.58. The van der Waals surface area contributed by atoms with Gasteiger partial charge in [-0.15, -0.1) is 0 Å². The highest BCUT2D eigenvalue weighted by Crippen LogP contribution is 2.10. The summed E-state index contributed by atoms with van der Waals surface area (Å²) in [6.45, 7) is 4.37. The zero-order chi connectivity index (χ0) is 11.7. The predicted molar refractivity (Wildman–Crippen MR) is 68.7 cm³/mol. The van der Waals surface area contributed by atoms with Gasteiger partial charge in [0.1, 0.15) is 9.53 Å². The SMILES string of the molecule is CCn1ncc(-n2cc(I)nc2C)cc1=O. The minimum absolute atomic E-state index is 0.0943. The quantitative estimate of drug-likeness (QED) is 0.782. The molecule has 6 heteroatoms. The van der Waals surface area contributed by atoms with E-state index in [4.69, 9.17) is 0 Å². The van der Waals surface area contributed by atoms with Gasteiger partial charge in [-0.05, 0) is 36.4 Å². The smallest absolute Gasteiger partial charge is 0.268 e. The summed E-state index contributed by atoms with van der Waals surface area (Å²) in [5.41, 5.74) is 0.658. The second-order valence-electron chi connectivity index (χ2n) is 3.35. The van der Waals surface area contributed by atoms with E-state index in [1.807, 2.05) is 24.6 Å². The van der Waals surface area contributed by atoms with E-state index in [9.17, 15) is 4.79 Å². The highest BCUT2D eigenvalue weighted by atomic mass is 127. The van der Waals surface area contributed by atoms with Crippen LogP contribution >= 0.6 is 22.6 Å². The number of aromatic nitrogens is 4. The Labute approximate surface area is 106 Å². The number of imidazole rings is 1. The minimum Gasteiger partial charge on any atom is -0.301 e. The molecular formula is C10H11IN4O. The van der Waals surface area contributed by atoms with Crippen molar-refractivity contribution in [1.82, 2.24) is 19.3 Å². The zero-order valence-electron chi connectivity index (χ0n) is 9.01. The van der Waals surface area contributed by atoms with E-state index in [0.29, 0.717) is 6.54 Å². The van der Waals surface area contributed by atoms with Crippen LogP contribution in [-0.2, 0) is 6.54 Å². The highest BCUT2D eigenvalue weighted by molar-refractivity contribution is 14.1. The fraction of sp³-hybridized carbons (Fsp3) is 0.300. The topological polar surface area (TPSA) is 52.7 Å². The summed E-state index contributed by atoms with van der Waals surface area (Å²) in [5.74, 6) is 0.847. The van der Waals surface area contributed by atoms with E-state index in [0.717, 1.165) is 15.2 Å². The summed E-state index contributed by atoms with van der Waals surface area (Å²) in [7, 11) is 0. The molecule has 0 unspecified atom stereocenters. The lowest BCUT2D eigenvalue weighted by Gasteiger charge is -2.05. The molecule has 0 bridgehead atoms. The van der Waals surface area contributed by atoms with Gasteiger partial charge in [0.25, 0.3) is 5.56 Å². The van der Waals surface area contributed by atoms with Gasteiger partial charge in [0.05, 0.1) is 11.9 Å². The summed E-state index contributed by atoms with van der Waals surface area (Å²) < 4.78 is 4.17. The van der Waals surface area contributed by atoms with Crippen molar-refractivity contribution in [2.24, 2.45) is 0 Å². The monoisotopic (exact) mass is 330 g/mol. The van der Waals surface area contributed by atoms with Crippen LogP contribution in [-0.4, -0.2) is 19.3 Å². The average molecular weight is 330 g/mol. The Hall–Kier alpha value is -1.18. The standard InChI is InChI=1S/C10H11IN4O/c1-3-15-10(16)4-8(5-12-15)14-6-9(11)13-7(14)2/h4-6H,3H2,1-2H3. The van der Waals surface area contributed by atoms with Crippen LogP contribution in [0, 0.1) is 10.6 Å². The number of halogens is 1. The van der Waals surface area contributed by atoms with Crippen LogP contribution in [0.25, 0.3) is 5.69 Å². The summed E-state index contributed by atoms with van der Waals surface area (Å²) >= 11 is 2.14. The van der Waals surface area contributed by atoms with Gasteiger partial charge in [0.15, 0.2) is 0 Å². The van der Waals surface area contributed by atoms with Crippen molar-refractivity contribution < 1.29 is 0 Å². The van der Waals surface area contributed by atoms with Crippen LogP contribution in [0.15, 0.2) is 23.3 Å². The molecule has 16 heavy (non-hydrogen) atoms. The van der Waals surface area contributed by atoms with E-state index < -0.39 is 0 Å². The molecule has 0 radical (unpaired) electrons. The molecular weight excluding hydrogens is 319 g/mol. The fourth-order valence-corrected chi connectivity index (χ4v) is 2.12. The Morgan fingerprint density at radius 3 is 2.75 bits per heavy atom. The van der Waals surface area contributed by atoms with Gasteiger partial charge >= 0.3 is 0 Å². The zero-order valence-corrected chi connectivity index (χ0v) is 11.2. The third kappa shape index (κ3) is 2.01. The van der Waals surface area contributed by atoms with Crippen molar-refractivity contribution in [1.29, 1.82) is 0 Å². The van der Waals surface area contributed by atoms with Crippen LogP contribution < -0.4 is 5.56 Å². The van der Waals surface area contributed by atoms with Crippen molar-refractivity contribution in [2.45, 2.75) is 20.4 Å². The number of aryl methyl sites for hydroxylation is 2. The van der Waals surface area contributed by atoms with Gasteiger partial charge < -0.3 is 4.57 Å². The Kier molecular flexibility index (Phi) is 3.08. The van der Waals surface area contributed by atoms with E-state index in [1.54, 1.807) is 12.3 Å². The predicted octanol–water partition coefficient (Wildman–Crippen LogP) is 1.36. The summed E-state index contributed by atoms with van der Waals surface area (Å²) in [6.07, 6.45) is 3.55. The third-order valence-corrected chi connectivity index (χ3v) is 2.81. The molecule has 2 aromatic heterocycles. The van der Waals surface area contributed by atoms with E-state index in [1.165, 1.54) is 4.68 Å². The molecule has 2 heterocycles. The van der Waals surface area contributed by atoms with Gasteiger partial charge in [-0.2, -0.15) is 5.10 Å². The minimum atomic E-state index is -0.0943. The molecule has 0 saturated heterocycles. The molecule has 0 spiro atoms. The van der Waals surface area contributed by atoms with Crippen molar-refractivity contribution in [3.05, 3.63) is 38.3 Å². The number of hydrogen-bond acceptors (Lipinski definition) is 3. The molecule has 0 aromatic carbocycles. The van der Waals surface area contributed by atoms with Crippen molar-refractivity contribution in [3.8, 4) is 5.69 Å². The first-order valence-corrected chi connectivity index (χ1v) is 5.98. The molecule has 0 fully saturated rings. The lowest BCUT2D eigenvalue weighted by molar-refractivity contribution is 0.612. The number of nitrogens with zero attached hydrogens (tertiary/aromatic N) is 4. The molecule has 0 aliphatic carbocycles. The van der Waals surface area contributed by atoms with Crippen LogP contribution in [0.3, 0.4) is 0 Å². The number of rotatable bonds is 2. The first-order valence-electron chi connectivity index (χ1n) is 4.91. The summed E-state index contributed by atoms with van der Waals surface area (Å²) in [4.78, 5) is 15.9. The maximum absolute atomic E-state index is 11.6. The Bertz CT molecular complexity index is 572. The van der Waals surface area contributed by atoms with Gasteiger partial charge in [-0.1, -0.05) is 0 Å². The van der Waals surface area contributed by atoms with E-state index in [-0.39, 0.29) is 5.56 Å². The summed E-state index contributed by atoms with van der Waals surface area (Å²) in [5, 5.41) is 4.08. The van der Waals surface area contributed by atoms with Crippen molar-refractivity contribution in [3.63, 3.8) is 0 Å². The van der Waals surface area contributed by atoms with Gasteiger partial charge in [-0.3, -0.25) is 4.79 Å². The van der Waals surface area contributed by atoms with Gasteiger partial charge in [0.2, 0.25) is 0 Å². The largest absolute Gasteiger partial charge is 0.301 e. The van der Waals surface area contributed by atoms with E-state index in [2.05, 4.69) is 32.7 Å². The first kappa shape index (κ1) is 11.3. The van der Waals surface area contributed by atoms with Crippen molar-refractivity contribution in [2.75, 3.05) is 0 Å². The molecule has 84 valence electrons. The Morgan fingerprint density at radius 2 is 2.25 bits per heavy atom. The lowest BCUT2D eigenvalue weighted by Crippen LogP contribution is -2.21. The highest BCUT2D eigenvalue weighted by Gasteiger charge is 2.05. The molecule has 0 atom stereocenters. The van der Waals surface area contributed by atoms with Crippen LogP contribution in [0.2, 0.25) is 0 Å². The Balaban J connectivity index is 2.53. The second-order valence-corrected chi connectivity index (χ2v) is 4.45. The molecule has 2 rings (SSSR count). The molecule has 0 N–H and O–H groups in total. The van der Waals surface area contributed by atoms with Crippen LogP contribution in [0.1, 0.15) is 12.7 Å². The normalized spacial score (nSPS) is 10.7. The first-order chi connectivity index (χ1) is 7.61. The van der Waals surface area contributed by atoms with E-state index >= 15 is 0 Å². The lowest BCUT2D eigenvalue weighted by atomic mass is 10.4. The van der Waals surface area contributed by atoms with Gasteiger partial charge in [0, 0.05) is 18.8 Å². The molecule has 2 aromatic rings. The summed E-state index contributed by atoms with van der Waals surface area (Å²) in [6, 6.07) is 1.57. The molecule has 0 saturated carbocycles. The third-order valence-electron chi connectivity index (χ3n) is 2.29. The fourth-order valence-electron chi connectivity index (χ4n) is 1.49. The van der Waals surface area contributed by atoms with Gasteiger partial charge in [-0.25, -0.2) is 9.67 Å². The maximum atomic E-state index is 11.6. The molecule has 0 aliphatic heterocycles. The maximum Gasteiger partial charge on any atom is 0.268 e. The molecule has 0 amide bonds. The number of hydrogen-bond donors (Lipinski definition) is 0. The second kappa shape index (κ2) is 4.36. The molecule has 5 nitrogen and oxygen atoms in total. The Morgan fingerprint density at radius 1 is 1.50 bits per heavy atom.